The van der Waals surface area contributed by atoms with Gasteiger partial charge in [-0.2, -0.15) is 0 Å². The second-order valence-corrected chi connectivity index (χ2v) is 5.68. The van der Waals surface area contributed by atoms with Crippen molar-refractivity contribution in [3.05, 3.63) is 59.0 Å². The van der Waals surface area contributed by atoms with E-state index in [1.165, 1.54) is 0 Å². The Balaban J connectivity index is 1.94. The Morgan fingerprint density at radius 2 is 2.00 bits per heavy atom. The van der Waals surface area contributed by atoms with E-state index in [4.69, 9.17) is 4.74 Å². The van der Waals surface area contributed by atoms with Gasteiger partial charge >= 0.3 is 5.97 Å². The molecule has 0 spiro atoms. The molecular formula is C19H19N3O3. The number of hydrogen-bond donors (Lipinski definition) is 2. The van der Waals surface area contributed by atoms with Crippen LogP contribution in [0.25, 0.3) is 10.9 Å². The average Bonchev–Trinajstić information content (AvgIpc) is 2.90. The van der Waals surface area contributed by atoms with Crippen molar-refractivity contribution >= 4 is 28.5 Å². The lowest BCUT2D eigenvalue weighted by Crippen LogP contribution is -2.14. The molecule has 0 aliphatic heterocycles. The highest BCUT2D eigenvalue weighted by atomic mass is 16.5. The highest BCUT2D eigenvalue weighted by molar-refractivity contribution is 6.10. The molecule has 25 heavy (non-hydrogen) atoms. The van der Waals surface area contributed by atoms with E-state index in [0.717, 1.165) is 10.9 Å². The molecule has 0 fully saturated rings. The number of rotatable bonds is 4. The largest absolute Gasteiger partial charge is 0.462 e. The monoisotopic (exact) mass is 337 g/mol. The minimum atomic E-state index is -0.429. The lowest BCUT2D eigenvalue weighted by molar-refractivity contribution is 0.0525. The van der Waals surface area contributed by atoms with Crippen LogP contribution in [0, 0.1) is 13.8 Å². The maximum atomic E-state index is 12.7. The number of ether oxygens (including phenoxy) is 1. The Morgan fingerprint density at radius 1 is 1.20 bits per heavy atom. The summed E-state index contributed by atoms with van der Waals surface area (Å²) >= 11 is 0. The molecule has 3 rings (SSSR count). The SMILES string of the molecule is CCOC(=O)c1c(C)[nH]c(C(=O)Nc2cccc3ncccc23)c1C. The molecule has 1 aromatic carbocycles. The van der Waals surface area contributed by atoms with Gasteiger partial charge in [0.1, 0.15) is 5.69 Å². The zero-order chi connectivity index (χ0) is 18.0. The summed E-state index contributed by atoms with van der Waals surface area (Å²) in [6.45, 7) is 5.51. The van der Waals surface area contributed by atoms with Crippen LogP contribution < -0.4 is 5.32 Å². The number of pyridine rings is 1. The summed E-state index contributed by atoms with van der Waals surface area (Å²) in [4.78, 5) is 32.1. The number of carbonyl (C=O) groups excluding carboxylic acids is 2. The van der Waals surface area contributed by atoms with Crippen LogP contribution in [0.3, 0.4) is 0 Å². The Labute approximate surface area is 145 Å². The number of carbonyl (C=O) groups is 2. The number of nitrogens with zero attached hydrogens (tertiary/aromatic N) is 1. The smallest absolute Gasteiger partial charge is 0.340 e. The molecule has 6 nitrogen and oxygen atoms in total. The first-order chi connectivity index (χ1) is 12.0. The normalized spacial score (nSPS) is 10.7. The molecule has 6 heteroatoms. The van der Waals surface area contributed by atoms with Gasteiger partial charge in [0.2, 0.25) is 0 Å². The first-order valence-electron chi connectivity index (χ1n) is 8.04. The molecule has 2 N–H and O–H groups in total. The number of aryl methyl sites for hydroxylation is 1. The van der Waals surface area contributed by atoms with Crippen LogP contribution >= 0.6 is 0 Å². The van der Waals surface area contributed by atoms with Gasteiger partial charge in [-0.1, -0.05) is 6.07 Å². The first-order valence-corrected chi connectivity index (χ1v) is 8.04. The molecule has 0 bridgehead atoms. The maximum Gasteiger partial charge on any atom is 0.340 e. The molecule has 1 amide bonds. The fourth-order valence-electron chi connectivity index (χ4n) is 2.88. The second-order valence-electron chi connectivity index (χ2n) is 5.68. The quantitative estimate of drug-likeness (QED) is 0.712. The summed E-state index contributed by atoms with van der Waals surface area (Å²) in [6, 6.07) is 9.25. The predicted octanol–water partition coefficient (Wildman–Crippen LogP) is 3.61. The summed E-state index contributed by atoms with van der Waals surface area (Å²) in [5.41, 5.74) is 3.41. The highest BCUT2D eigenvalue weighted by Gasteiger charge is 2.23. The molecular weight excluding hydrogens is 318 g/mol. The summed E-state index contributed by atoms with van der Waals surface area (Å²) < 4.78 is 5.06. The number of hydrogen-bond acceptors (Lipinski definition) is 4. The highest BCUT2D eigenvalue weighted by Crippen LogP contribution is 2.24. The van der Waals surface area contributed by atoms with Gasteiger partial charge in [-0.15, -0.1) is 0 Å². The third-order valence-corrected chi connectivity index (χ3v) is 4.04. The van der Waals surface area contributed by atoms with Crippen molar-refractivity contribution in [3.8, 4) is 0 Å². The van der Waals surface area contributed by atoms with E-state index in [1.807, 2.05) is 30.3 Å². The van der Waals surface area contributed by atoms with E-state index in [1.54, 1.807) is 27.0 Å². The van der Waals surface area contributed by atoms with Gasteiger partial charge in [0.15, 0.2) is 0 Å². The Kier molecular flexibility index (Phi) is 4.52. The molecule has 0 radical (unpaired) electrons. The van der Waals surface area contributed by atoms with Crippen molar-refractivity contribution in [1.82, 2.24) is 9.97 Å². The fourth-order valence-corrected chi connectivity index (χ4v) is 2.88. The molecule has 128 valence electrons. The molecule has 0 saturated carbocycles. The minimum absolute atomic E-state index is 0.285. The van der Waals surface area contributed by atoms with Crippen molar-refractivity contribution < 1.29 is 14.3 Å². The van der Waals surface area contributed by atoms with Gasteiger partial charge in [0.25, 0.3) is 5.91 Å². The van der Waals surface area contributed by atoms with E-state index in [9.17, 15) is 9.59 Å². The van der Waals surface area contributed by atoms with E-state index in [2.05, 4.69) is 15.3 Å². The van der Waals surface area contributed by atoms with E-state index in [0.29, 0.717) is 28.2 Å². The van der Waals surface area contributed by atoms with E-state index >= 15 is 0 Å². The topological polar surface area (TPSA) is 84.1 Å². The van der Waals surface area contributed by atoms with Crippen LogP contribution in [0.4, 0.5) is 5.69 Å². The lowest BCUT2D eigenvalue weighted by atomic mass is 10.1. The maximum absolute atomic E-state index is 12.7. The average molecular weight is 337 g/mol. The van der Waals surface area contributed by atoms with Crippen molar-refractivity contribution in [3.63, 3.8) is 0 Å². The number of amides is 1. The van der Waals surface area contributed by atoms with Crippen LogP contribution in [0.5, 0.6) is 0 Å². The number of anilines is 1. The molecule has 2 aromatic heterocycles. The van der Waals surface area contributed by atoms with E-state index < -0.39 is 5.97 Å². The number of benzene rings is 1. The predicted molar refractivity (Wildman–Crippen MR) is 95.9 cm³/mol. The van der Waals surface area contributed by atoms with Crippen LogP contribution in [0.15, 0.2) is 36.5 Å². The number of aromatic amines is 1. The molecule has 0 unspecified atom stereocenters. The van der Waals surface area contributed by atoms with Crippen molar-refractivity contribution in [2.45, 2.75) is 20.8 Å². The van der Waals surface area contributed by atoms with Crippen LogP contribution in [-0.2, 0) is 4.74 Å². The number of nitrogens with one attached hydrogen (secondary N) is 2. The third kappa shape index (κ3) is 3.10. The fraction of sp³-hybridized carbons (Fsp3) is 0.211. The molecule has 0 saturated heterocycles. The van der Waals surface area contributed by atoms with Crippen LogP contribution in [0.2, 0.25) is 0 Å². The zero-order valence-electron chi connectivity index (χ0n) is 14.3. The van der Waals surface area contributed by atoms with Gasteiger partial charge < -0.3 is 15.0 Å². The first kappa shape index (κ1) is 16.7. The number of H-pyrrole nitrogens is 1. The minimum Gasteiger partial charge on any atom is -0.462 e. The lowest BCUT2D eigenvalue weighted by Gasteiger charge is -2.08. The van der Waals surface area contributed by atoms with Gasteiger partial charge in [0, 0.05) is 17.3 Å². The summed E-state index contributed by atoms with van der Waals surface area (Å²) in [5, 5.41) is 3.74. The second kappa shape index (κ2) is 6.76. The Hall–Kier alpha value is -3.15. The Bertz CT molecular complexity index is 954. The molecule has 0 aliphatic carbocycles. The van der Waals surface area contributed by atoms with Crippen molar-refractivity contribution in [2.75, 3.05) is 11.9 Å². The van der Waals surface area contributed by atoms with Gasteiger partial charge in [-0.3, -0.25) is 9.78 Å². The Morgan fingerprint density at radius 3 is 2.76 bits per heavy atom. The van der Waals surface area contributed by atoms with Gasteiger partial charge in [-0.25, -0.2) is 4.79 Å². The molecule has 0 atom stereocenters. The standard InChI is InChI=1S/C19H19N3O3/c1-4-25-19(24)16-11(2)17(21-12(16)3)18(23)22-15-9-5-8-14-13(15)7-6-10-20-14/h5-10,21H,4H2,1-3H3,(H,22,23). The summed E-state index contributed by atoms with van der Waals surface area (Å²) in [6.07, 6.45) is 1.71. The molecule has 3 aromatic rings. The van der Waals surface area contributed by atoms with Crippen molar-refractivity contribution in [2.24, 2.45) is 0 Å². The van der Waals surface area contributed by atoms with Gasteiger partial charge in [-0.05, 0) is 50.6 Å². The number of fused-ring (bicyclic) bond motifs is 1. The molecule has 2 heterocycles. The number of esters is 1. The van der Waals surface area contributed by atoms with Crippen molar-refractivity contribution in [1.29, 1.82) is 0 Å². The van der Waals surface area contributed by atoms with Crippen LogP contribution in [-0.4, -0.2) is 28.5 Å². The number of aromatic nitrogens is 2. The zero-order valence-corrected chi connectivity index (χ0v) is 14.3. The molecule has 0 aliphatic rings. The third-order valence-electron chi connectivity index (χ3n) is 4.04. The van der Waals surface area contributed by atoms with Gasteiger partial charge in [0.05, 0.1) is 23.4 Å². The van der Waals surface area contributed by atoms with E-state index in [-0.39, 0.29) is 12.5 Å². The summed E-state index contributed by atoms with van der Waals surface area (Å²) in [7, 11) is 0. The van der Waals surface area contributed by atoms with Crippen LogP contribution in [0.1, 0.15) is 39.0 Å². The summed E-state index contributed by atoms with van der Waals surface area (Å²) in [5.74, 6) is -0.741.